The summed E-state index contributed by atoms with van der Waals surface area (Å²) in [6.45, 7) is 0.287. The van der Waals surface area contributed by atoms with Crippen LogP contribution in [0.2, 0.25) is 0 Å². The zero-order valence-electron chi connectivity index (χ0n) is 13.9. The van der Waals surface area contributed by atoms with Crippen LogP contribution in [0, 0.1) is 0 Å². The summed E-state index contributed by atoms with van der Waals surface area (Å²) in [5, 5.41) is 3.50. The van der Waals surface area contributed by atoms with E-state index >= 15 is 0 Å². The number of rotatable bonds is 6. The molecule has 10 heteroatoms. The average molecular weight is 375 g/mol. The van der Waals surface area contributed by atoms with Crippen LogP contribution >= 0.6 is 0 Å². The van der Waals surface area contributed by atoms with Gasteiger partial charge in [-0.2, -0.15) is 22.7 Å². The molecule has 1 aliphatic heterocycles. The molecule has 0 fully saturated rings. The third-order valence-electron chi connectivity index (χ3n) is 3.76. The van der Waals surface area contributed by atoms with Gasteiger partial charge in [0.25, 0.3) is 6.36 Å². The maximum absolute atomic E-state index is 13.9. The summed E-state index contributed by atoms with van der Waals surface area (Å²) in [5.41, 5.74) is -0.436. The minimum atomic E-state index is -4.50. The van der Waals surface area contributed by atoms with Gasteiger partial charge in [0.1, 0.15) is 17.2 Å². The topological polar surface area (TPSA) is 48.8 Å². The fraction of sp³-hybridized carbons (Fsp3) is 0.438. The number of methoxy groups -OCH3 is 1. The lowest BCUT2D eigenvalue weighted by molar-refractivity contribution is -0.141. The molecule has 1 aliphatic rings. The van der Waals surface area contributed by atoms with Crippen LogP contribution in [0.5, 0.6) is 11.5 Å². The van der Waals surface area contributed by atoms with Crippen molar-refractivity contribution in [1.29, 1.82) is 0 Å². The molecule has 0 saturated heterocycles. The van der Waals surface area contributed by atoms with E-state index in [0.717, 1.165) is 6.07 Å². The number of alkyl halides is 4. The average Bonchev–Trinajstić information content (AvgIpc) is 3.06. The van der Waals surface area contributed by atoms with Crippen molar-refractivity contribution in [2.75, 3.05) is 31.9 Å². The Balaban J connectivity index is 1.77. The molecule has 1 atom stereocenters. The van der Waals surface area contributed by atoms with E-state index in [4.69, 9.17) is 14.2 Å². The third kappa shape index (κ3) is 4.01. The summed E-state index contributed by atoms with van der Waals surface area (Å²) >= 11 is 0. The Morgan fingerprint density at radius 2 is 2.08 bits per heavy atom. The molecule has 0 saturated carbocycles. The monoisotopic (exact) mass is 375 g/mol. The first-order chi connectivity index (χ1) is 12.4. The van der Waals surface area contributed by atoms with Gasteiger partial charge in [0.15, 0.2) is 12.5 Å². The first-order valence-electron chi connectivity index (χ1n) is 7.79. The summed E-state index contributed by atoms with van der Waals surface area (Å²) in [6.07, 6.45) is -4.81. The Morgan fingerprint density at radius 1 is 1.27 bits per heavy atom. The number of halogens is 4. The summed E-state index contributed by atoms with van der Waals surface area (Å²) in [4.78, 5) is 1.66. The second-order valence-corrected chi connectivity index (χ2v) is 5.59. The van der Waals surface area contributed by atoms with Gasteiger partial charge in [0, 0.05) is 19.9 Å². The molecule has 0 amide bonds. The van der Waals surface area contributed by atoms with E-state index in [1.165, 1.54) is 18.0 Å². The zero-order valence-corrected chi connectivity index (χ0v) is 13.9. The predicted molar refractivity (Wildman–Crippen MR) is 83.9 cm³/mol. The molecule has 26 heavy (non-hydrogen) atoms. The van der Waals surface area contributed by atoms with Crippen LogP contribution < -0.4 is 14.4 Å². The maximum Gasteiger partial charge on any atom is 0.435 e. The molecule has 2 heterocycles. The van der Waals surface area contributed by atoms with Gasteiger partial charge in [-0.3, -0.25) is 4.68 Å². The fourth-order valence-electron chi connectivity index (χ4n) is 2.65. The SMILES string of the molecule is COCOc1cccc2c1N(CCn1ccc(C(F)(F)F)n1)CC(F)O2. The number of hydrogen-bond acceptors (Lipinski definition) is 5. The normalized spacial score (nSPS) is 17.0. The highest BCUT2D eigenvalue weighted by Crippen LogP contribution is 2.41. The lowest BCUT2D eigenvalue weighted by Gasteiger charge is -2.34. The molecule has 1 aromatic heterocycles. The highest BCUT2D eigenvalue weighted by Gasteiger charge is 2.34. The van der Waals surface area contributed by atoms with E-state index in [2.05, 4.69) is 5.10 Å². The number of ether oxygens (including phenoxy) is 3. The van der Waals surface area contributed by atoms with Gasteiger partial charge in [0.2, 0.25) is 0 Å². The summed E-state index contributed by atoms with van der Waals surface area (Å²) in [7, 11) is 1.47. The van der Waals surface area contributed by atoms with Gasteiger partial charge < -0.3 is 19.1 Å². The van der Waals surface area contributed by atoms with E-state index in [9.17, 15) is 17.6 Å². The van der Waals surface area contributed by atoms with Crippen molar-refractivity contribution in [3.8, 4) is 11.5 Å². The van der Waals surface area contributed by atoms with Crippen LogP contribution in [0.1, 0.15) is 5.69 Å². The lowest BCUT2D eigenvalue weighted by Crippen LogP contribution is -2.39. The molecule has 0 radical (unpaired) electrons. The molecule has 6 nitrogen and oxygen atoms in total. The van der Waals surface area contributed by atoms with E-state index in [0.29, 0.717) is 17.2 Å². The second-order valence-electron chi connectivity index (χ2n) is 5.59. The Bertz CT molecular complexity index is 751. The molecular formula is C16H17F4N3O3. The van der Waals surface area contributed by atoms with Gasteiger partial charge in [-0.15, -0.1) is 0 Å². The molecule has 1 unspecified atom stereocenters. The van der Waals surface area contributed by atoms with Crippen molar-refractivity contribution in [3.63, 3.8) is 0 Å². The zero-order chi connectivity index (χ0) is 18.7. The number of fused-ring (bicyclic) bond motifs is 1. The highest BCUT2D eigenvalue weighted by molar-refractivity contribution is 5.69. The predicted octanol–water partition coefficient (Wildman–Crippen LogP) is 3.08. The first kappa shape index (κ1) is 18.3. The smallest absolute Gasteiger partial charge is 0.435 e. The Kier molecular flexibility index (Phi) is 5.21. The molecule has 0 spiro atoms. The quantitative estimate of drug-likeness (QED) is 0.574. The fourth-order valence-corrected chi connectivity index (χ4v) is 2.65. The van der Waals surface area contributed by atoms with Crippen molar-refractivity contribution in [2.45, 2.75) is 19.1 Å². The molecule has 1 aromatic carbocycles. The van der Waals surface area contributed by atoms with Crippen molar-refractivity contribution in [3.05, 3.63) is 36.2 Å². The van der Waals surface area contributed by atoms with Crippen LogP contribution in [-0.4, -0.2) is 43.1 Å². The van der Waals surface area contributed by atoms with Gasteiger partial charge in [-0.05, 0) is 18.2 Å². The van der Waals surface area contributed by atoms with Crippen LogP contribution in [-0.2, 0) is 17.5 Å². The minimum Gasteiger partial charge on any atom is -0.465 e. The lowest BCUT2D eigenvalue weighted by atomic mass is 10.2. The van der Waals surface area contributed by atoms with E-state index in [1.54, 1.807) is 23.1 Å². The van der Waals surface area contributed by atoms with Gasteiger partial charge in [0.05, 0.1) is 13.1 Å². The maximum atomic E-state index is 13.9. The van der Waals surface area contributed by atoms with Crippen LogP contribution in [0.3, 0.4) is 0 Å². The number of nitrogens with zero attached hydrogens (tertiary/aromatic N) is 3. The van der Waals surface area contributed by atoms with E-state index in [-0.39, 0.29) is 26.4 Å². The van der Waals surface area contributed by atoms with E-state index in [1.807, 2.05) is 0 Å². The molecular weight excluding hydrogens is 358 g/mol. The molecule has 142 valence electrons. The molecule has 3 rings (SSSR count). The molecule has 2 aromatic rings. The molecule has 0 N–H and O–H groups in total. The number of anilines is 1. The van der Waals surface area contributed by atoms with Crippen LogP contribution in [0.25, 0.3) is 0 Å². The van der Waals surface area contributed by atoms with Crippen molar-refractivity contribution >= 4 is 5.69 Å². The summed E-state index contributed by atoms with van der Waals surface area (Å²) < 4.78 is 68.5. The molecule has 0 aliphatic carbocycles. The first-order valence-corrected chi connectivity index (χ1v) is 7.79. The Morgan fingerprint density at radius 3 is 2.77 bits per heavy atom. The molecule has 0 bridgehead atoms. The van der Waals surface area contributed by atoms with Gasteiger partial charge in [-0.25, -0.2) is 0 Å². The number of hydrogen-bond donors (Lipinski definition) is 0. The van der Waals surface area contributed by atoms with E-state index < -0.39 is 18.2 Å². The van der Waals surface area contributed by atoms with Gasteiger partial charge in [-0.1, -0.05) is 6.07 Å². The number of aromatic nitrogens is 2. The van der Waals surface area contributed by atoms with Crippen molar-refractivity contribution < 1.29 is 31.8 Å². The van der Waals surface area contributed by atoms with Crippen molar-refractivity contribution in [1.82, 2.24) is 9.78 Å². The third-order valence-corrected chi connectivity index (χ3v) is 3.76. The summed E-state index contributed by atoms with van der Waals surface area (Å²) in [6, 6.07) is 5.84. The largest absolute Gasteiger partial charge is 0.465 e. The minimum absolute atomic E-state index is 0.00253. The van der Waals surface area contributed by atoms with Gasteiger partial charge >= 0.3 is 6.18 Å². The summed E-state index contributed by atoms with van der Waals surface area (Å²) in [5.74, 6) is 0.737. The van der Waals surface area contributed by atoms with Crippen molar-refractivity contribution in [2.24, 2.45) is 0 Å². The number of benzene rings is 1. The Labute approximate surface area is 146 Å². The second kappa shape index (κ2) is 7.40. The standard InChI is InChI=1S/C16H17F4N3O3/c1-24-10-25-11-3-2-4-12-15(11)22(9-14(17)26-12)7-8-23-6-5-13(21-23)16(18,19)20/h2-6,14H,7-10H2,1H3. The highest BCUT2D eigenvalue weighted by atomic mass is 19.4. The van der Waals surface area contributed by atoms with Crippen LogP contribution in [0.4, 0.5) is 23.2 Å². The van der Waals surface area contributed by atoms with Crippen LogP contribution in [0.15, 0.2) is 30.5 Å². The number of para-hydroxylation sites is 1. The Hall–Kier alpha value is -2.49.